The molecule has 0 amide bonds. The molecule has 0 aliphatic carbocycles. The lowest BCUT2D eigenvalue weighted by molar-refractivity contribution is -0.199. The van der Waals surface area contributed by atoms with Gasteiger partial charge in [0.25, 0.3) is 0 Å². The Morgan fingerprint density at radius 1 is 1.07 bits per heavy atom. The van der Waals surface area contributed by atoms with E-state index in [1.54, 1.807) is 0 Å². The summed E-state index contributed by atoms with van der Waals surface area (Å²) in [6.45, 7) is 3.22. The Bertz CT molecular complexity index is 1050. The van der Waals surface area contributed by atoms with Crippen molar-refractivity contribution in [3.05, 3.63) is 15.5 Å². The summed E-state index contributed by atoms with van der Waals surface area (Å²) in [5.41, 5.74) is -1.59. The van der Waals surface area contributed by atoms with Crippen LogP contribution >= 0.6 is 11.6 Å². The Hall–Kier alpha value is -3.26. The Morgan fingerprint density at radius 2 is 1.66 bits per heavy atom. The van der Waals surface area contributed by atoms with Gasteiger partial charge < -0.3 is 24.2 Å². The summed E-state index contributed by atoms with van der Waals surface area (Å²) in [6, 6.07) is 0. The summed E-state index contributed by atoms with van der Waals surface area (Å²) in [4.78, 5) is 47.4. The number of carbonyl (C=O) groups is 3. The Balaban J connectivity index is 2.11. The van der Waals surface area contributed by atoms with E-state index in [4.69, 9.17) is 30.5 Å². The molecular weight excluding hydrogens is 418 g/mol. The van der Waals surface area contributed by atoms with Crippen LogP contribution in [-0.4, -0.2) is 66.6 Å². The average molecular weight is 432 g/mol. The Labute approximate surface area is 165 Å². The zero-order valence-corrected chi connectivity index (χ0v) is 15.9. The van der Waals surface area contributed by atoms with Gasteiger partial charge in [-0.1, -0.05) is 21.7 Å². The fourth-order valence-electron chi connectivity index (χ4n) is 2.75. The zero-order chi connectivity index (χ0) is 21.5. The van der Waals surface area contributed by atoms with Crippen LogP contribution in [0.4, 0.5) is 0 Å². The molecule has 1 aliphatic heterocycles. The van der Waals surface area contributed by atoms with Crippen LogP contribution in [0.3, 0.4) is 0 Å². The van der Waals surface area contributed by atoms with Crippen LogP contribution in [-0.2, 0) is 33.3 Å². The number of aromatic nitrogens is 5. The first-order valence-corrected chi connectivity index (χ1v) is 8.38. The Morgan fingerprint density at radius 3 is 2.24 bits per heavy atom. The minimum Gasteiger partial charge on any atom is -0.453 e. The van der Waals surface area contributed by atoms with Gasteiger partial charge in [-0.3, -0.25) is 19.2 Å². The molecule has 3 rings (SSSR count). The number of fused-ring (bicyclic) bond motifs is 1. The first-order valence-electron chi connectivity index (χ1n) is 8.00. The smallest absolute Gasteiger partial charge is 0.305 e. The predicted molar refractivity (Wildman–Crippen MR) is 88.6 cm³/mol. The first-order chi connectivity index (χ1) is 13.6. The van der Waals surface area contributed by atoms with Gasteiger partial charge >= 0.3 is 23.5 Å². The lowest BCUT2D eigenvalue weighted by atomic mass is 10.2. The monoisotopic (exact) mass is 431 g/mol. The molecule has 15 heteroatoms. The van der Waals surface area contributed by atoms with Crippen molar-refractivity contribution in [2.45, 2.75) is 45.5 Å². The van der Waals surface area contributed by atoms with Crippen molar-refractivity contribution < 1.29 is 38.5 Å². The molecule has 4 atom stereocenters. The van der Waals surface area contributed by atoms with Crippen LogP contribution in [0.15, 0.2) is 4.79 Å². The molecule has 1 N–H and O–H groups in total. The fourth-order valence-corrected chi connectivity index (χ4v) is 2.95. The number of hydrogen-bond acceptors (Lipinski definition) is 12. The maximum atomic E-state index is 12.8. The number of esters is 3. The van der Waals surface area contributed by atoms with Crippen LogP contribution < -0.4 is 5.56 Å². The van der Waals surface area contributed by atoms with Gasteiger partial charge in [-0.05, 0) is 0 Å². The number of nitrogens with zero attached hydrogens (tertiary/aromatic N) is 5. The van der Waals surface area contributed by atoms with Crippen molar-refractivity contribution in [1.82, 2.24) is 24.9 Å². The Kier molecular flexibility index (Phi) is 5.39. The number of carbonyl (C=O) groups excluding carboxylic acids is 3. The van der Waals surface area contributed by atoms with E-state index in [9.17, 15) is 24.4 Å². The van der Waals surface area contributed by atoms with Crippen molar-refractivity contribution >= 4 is 40.5 Å². The molecule has 2 aromatic heterocycles. The molecular formula is C14H14ClN5O9. The van der Waals surface area contributed by atoms with Crippen molar-refractivity contribution in [3.63, 3.8) is 0 Å². The third-order valence-corrected chi connectivity index (χ3v) is 3.98. The van der Waals surface area contributed by atoms with E-state index in [-0.39, 0.29) is 15.5 Å². The maximum absolute atomic E-state index is 12.8. The van der Waals surface area contributed by atoms with Crippen molar-refractivity contribution in [2.75, 3.05) is 0 Å². The van der Waals surface area contributed by atoms with E-state index in [2.05, 4.69) is 15.4 Å². The number of ether oxygens (including phenoxy) is 4. The molecule has 156 valence electrons. The SMILES string of the molecule is CC(=O)OC1OC(n2nnc3c(Cl)nn(O)c3c2=O)C(OC(C)=O)C1OC(C)=O. The van der Waals surface area contributed by atoms with E-state index < -0.39 is 53.7 Å². The summed E-state index contributed by atoms with van der Waals surface area (Å²) in [7, 11) is 0. The second-order valence-electron chi connectivity index (χ2n) is 5.87. The molecule has 1 fully saturated rings. The highest BCUT2D eigenvalue weighted by Gasteiger charge is 2.53. The summed E-state index contributed by atoms with van der Waals surface area (Å²) >= 11 is 5.76. The molecule has 4 unspecified atom stereocenters. The lowest BCUT2D eigenvalue weighted by Crippen LogP contribution is -2.42. The average Bonchev–Trinajstić information content (AvgIpc) is 3.05. The number of rotatable bonds is 4. The molecule has 0 saturated carbocycles. The van der Waals surface area contributed by atoms with Crippen LogP contribution in [0.1, 0.15) is 27.0 Å². The van der Waals surface area contributed by atoms with Crippen LogP contribution in [0.25, 0.3) is 11.0 Å². The van der Waals surface area contributed by atoms with Gasteiger partial charge in [-0.25, -0.2) is 0 Å². The molecule has 0 radical (unpaired) electrons. The van der Waals surface area contributed by atoms with Crippen LogP contribution in [0.5, 0.6) is 0 Å². The minimum atomic E-state index is -1.52. The third-order valence-electron chi connectivity index (χ3n) is 3.73. The minimum absolute atomic E-state index is 0.189. The van der Waals surface area contributed by atoms with Crippen molar-refractivity contribution in [1.29, 1.82) is 0 Å². The van der Waals surface area contributed by atoms with Gasteiger partial charge in [0.2, 0.25) is 18.6 Å². The summed E-state index contributed by atoms with van der Waals surface area (Å²) in [6.07, 6.45) is -5.88. The molecule has 1 saturated heterocycles. The highest BCUT2D eigenvalue weighted by Crippen LogP contribution is 2.34. The van der Waals surface area contributed by atoms with Crippen LogP contribution in [0.2, 0.25) is 5.15 Å². The second-order valence-corrected chi connectivity index (χ2v) is 6.23. The molecule has 14 nitrogen and oxygen atoms in total. The second kappa shape index (κ2) is 7.63. The summed E-state index contributed by atoms with van der Waals surface area (Å²) in [5, 5.41) is 20.3. The quantitative estimate of drug-likeness (QED) is 0.361. The van der Waals surface area contributed by atoms with Crippen molar-refractivity contribution in [3.8, 4) is 0 Å². The van der Waals surface area contributed by atoms with Crippen LogP contribution in [0, 0.1) is 0 Å². The largest absolute Gasteiger partial charge is 0.453 e. The van der Waals surface area contributed by atoms with E-state index in [1.165, 1.54) is 0 Å². The van der Waals surface area contributed by atoms with E-state index in [0.717, 1.165) is 20.8 Å². The number of hydrogen-bond donors (Lipinski definition) is 1. The van der Waals surface area contributed by atoms with Gasteiger partial charge in [-0.2, -0.15) is 4.68 Å². The third kappa shape index (κ3) is 3.84. The van der Waals surface area contributed by atoms with Gasteiger partial charge in [0.1, 0.15) is 0 Å². The molecule has 0 spiro atoms. The van der Waals surface area contributed by atoms with Gasteiger partial charge in [-0.15, -0.1) is 10.2 Å². The molecule has 0 aromatic carbocycles. The van der Waals surface area contributed by atoms with Gasteiger partial charge in [0.15, 0.2) is 22.3 Å². The molecule has 3 heterocycles. The van der Waals surface area contributed by atoms with E-state index in [1.807, 2.05) is 0 Å². The molecule has 1 aliphatic rings. The van der Waals surface area contributed by atoms with Gasteiger partial charge in [0.05, 0.1) is 0 Å². The summed E-state index contributed by atoms with van der Waals surface area (Å²) < 4.78 is 21.3. The fraction of sp³-hybridized carbons (Fsp3) is 0.500. The molecule has 29 heavy (non-hydrogen) atoms. The van der Waals surface area contributed by atoms with Crippen molar-refractivity contribution in [2.24, 2.45) is 0 Å². The highest BCUT2D eigenvalue weighted by atomic mass is 35.5. The predicted octanol–water partition coefficient (Wildman–Crippen LogP) is -0.840. The standard InChI is InChI=1S/C14H14ClN5O9/c1-4(21)26-9-10(27-5(2)22)14(28-6(3)23)29-13(9)19-12(24)8-7(16-18-19)11(15)17-20(8)25/h9-10,13-14,25H,1-3H3. The topological polar surface area (TPSA) is 174 Å². The molecule has 0 bridgehead atoms. The maximum Gasteiger partial charge on any atom is 0.305 e. The first kappa shape index (κ1) is 20.5. The normalized spacial score (nSPS) is 23.7. The van der Waals surface area contributed by atoms with E-state index >= 15 is 0 Å². The van der Waals surface area contributed by atoms with Gasteiger partial charge in [0, 0.05) is 20.8 Å². The number of halogens is 1. The lowest BCUT2D eigenvalue weighted by Gasteiger charge is -2.22. The molecule has 2 aromatic rings. The highest BCUT2D eigenvalue weighted by molar-refractivity contribution is 6.33. The summed E-state index contributed by atoms with van der Waals surface area (Å²) in [5.74, 6) is -2.38. The zero-order valence-electron chi connectivity index (χ0n) is 15.1. The van der Waals surface area contributed by atoms with E-state index in [0.29, 0.717) is 4.68 Å².